The summed E-state index contributed by atoms with van der Waals surface area (Å²) in [5.41, 5.74) is 9.88. The van der Waals surface area contributed by atoms with Gasteiger partial charge in [0.25, 0.3) is 0 Å². The Balaban J connectivity index is 2.23. The van der Waals surface area contributed by atoms with Crippen LogP contribution in [-0.4, -0.2) is 52.6 Å². The van der Waals surface area contributed by atoms with Crippen LogP contribution in [0.5, 0.6) is 0 Å². The lowest BCUT2D eigenvalue weighted by Gasteiger charge is -2.20. The van der Waals surface area contributed by atoms with E-state index in [2.05, 4.69) is 130 Å². The molecule has 0 N–H and O–H groups in total. The van der Waals surface area contributed by atoms with Gasteiger partial charge in [0.05, 0.1) is 0 Å². The molecule has 3 nitrogen and oxygen atoms in total. The van der Waals surface area contributed by atoms with E-state index in [1.807, 2.05) is 0 Å². The van der Waals surface area contributed by atoms with Crippen LogP contribution in [0.1, 0.15) is 16.7 Å². The van der Waals surface area contributed by atoms with Crippen molar-refractivity contribution in [2.45, 2.75) is 6.92 Å². The van der Waals surface area contributed by atoms with Crippen LogP contribution in [-0.2, 0) is 0 Å². The van der Waals surface area contributed by atoms with Crippen LogP contribution in [0.25, 0.3) is 5.57 Å². The van der Waals surface area contributed by atoms with E-state index in [1.165, 1.54) is 44.9 Å². The highest BCUT2D eigenvalue weighted by Crippen LogP contribution is 2.34. The third-order valence-corrected chi connectivity index (χ3v) is 5.35. The molecule has 0 aliphatic heterocycles. The molecule has 0 unspecified atom stereocenters. The highest BCUT2D eigenvalue weighted by Gasteiger charge is 2.16. The van der Waals surface area contributed by atoms with Gasteiger partial charge in [-0.3, -0.25) is 0 Å². The van der Waals surface area contributed by atoms with Crippen molar-refractivity contribution in [3.05, 3.63) is 89.0 Å². The van der Waals surface area contributed by atoms with E-state index in [1.54, 1.807) is 0 Å². The molecule has 0 bridgehead atoms. The van der Waals surface area contributed by atoms with Crippen molar-refractivity contribution in [1.29, 1.82) is 0 Å². The van der Waals surface area contributed by atoms with Crippen LogP contribution in [0.3, 0.4) is 0 Å². The summed E-state index contributed by atoms with van der Waals surface area (Å²) in [6.07, 6.45) is 8.84. The highest BCUT2D eigenvalue weighted by atomic mass is 15.1. The number of anilines is 2. The van der Waals surface area contributed by atoms with Gasteiger partial charge in [-0.05, 0) is 71.2 Å². The Kier molecular flexibility index (Phi) is 6.07. The van der Waals surface area contributed by atoms with Crippen molar-refractivity contribution in [3.63, 3.8) is 0 Å². The van der Waals surface area contributed by atoms with Crippen LogP contribution >= 0.6 is 0 Å². The molecule has 0 radical (unpaired) electrons. The van der Waals surface area contributed by atoms with Crippen LogP contribution in [0.2, 0.25) is 0 Å². The fourth-order valence-electron chi connectivity index (χ4n) is 3.49. The fraction of sp³-hybridized carbons (Fsp3) is 0.269. The maximum Gasteiger partial charge on any atom is 0.199 e. The quantitative estimate of drug-likeness (QED) is 0.700. The van der Waals surface area contributed by atoms with E-state index >= 15 is 0 Å². The second-order valence-electron chi connectivity index (χ2n) is 8.15. The maximum atomic E-state index is 2.30. The van der Waals surface area contributed by atoms with Gasteiger partial charge in [0.15, 0.2) is 5.71 Å². The molecule has 3 heteroatoms. The Morgan fingerprint density at radius 2 is 1.28 bits per heavy atom. The summed E-state index contributed by atoms with van der Waals surface area (Å²) in [6.45, 7) is 2.19. The molecular weight excluding hydrogens is 354 g/mol. The SMILES string of the molecule is Cc1ccc(N(C)C)cc1C(=C1C=CC(=[N+](C)C)C=C1)c1ccc(N(C)C)cc1. The van der Waals surface area contributed by atoms with E-state index in [-0.39, 0.29) is 0 Å². The standard InChI is InChI=1S/C26H32N3/c1-19-8-13-24(29(6)7)18-25(19)26(20-9-14-22(15-10-20)27(2)3)21-11-16-23(17-12-21)28(4)5/h8-18H,1-7H3/q+1. The van der Waals surface area contributed by atoms with Gasteiger partial charge in [0, 0.05) is 51.7 Å². The van der Waals surface area contributed by atoms with Crippen LogP contribution < -0.4 is 9.80 Å². The number of hydrogen-bond donors (Lipinski definition) is 0. The number of hydrogen-bond acceptors (Lipinski definition) is 2. The zero-order valence-corrected chi connectivity index (χ0v) is 18.7. The Morgan fingerprint density at radius 3 is 1.79 bits per heavy atom. The largest absolute Gasteiger partial charge is 0.378 e. The summed E-state index contributed by atoms with van der Waals surface area (Å²) < 4.78 is 2.13. The van der Waals surface area contributed by atoms with Crippen LogP contribution in [0.4, 0.5) is 11.4 Å². The van der Waals surface area contributed by atoms with Gasteiger partial charge in [0.2, 0.25) is 0 Å². The minimum Gasteiger partial charge on any atom is -0.378 e. The van der Waals surface area contributed by atoms with E-state index < -0.39 is 0 Å². The van der Waals surface area contributed by atoms with Gasteiger partial charge in [-0.25, -0.2) is 4.58 Å². The maximum absolute atomic E-state index is 2.30. The molecule has 0 amide bonds. The first-order chi connectivity index (χ1) is 13.8. The Bertz CT molecular complexity index is 994. The summed E-state index contributed by atoms with van der Waals surface area (Å²) in [6, 6.07) is 15.5. The summed E-state index contributed by atoms with van der Waals surface area (Å²) in [5.74, 6) is 0. The van der Waals surface area contributed by atoms with Gasteiger partial charge in [-0.1, -0.05) is 18.2 Å². The average molecular weight is 387 g/mol. The smallest absolute Gasteiger partial charge is 0.199 e. The lowest BCUT2D eigenvalue weighted by molar-refractivity contribution is -0.462. The predicted molar refractivity (Wildman–Crippen MR) is 128 cm³/mol. The molecule has 0 saturated heterocycles. The first-order valence-electron chi connectivity index (χ1n) is 9.98. The highest BCUT2D eigenvalue weighted by molar-refractivity contribution is 6.04. The molecular formula is C26H32N3+. The van der Waals surface area contributed by atoms with Crippen molar-refractivity contribution >= 4 is 22.7 Å². The molecule has 0 atom stereocenters. The van der Waals surface area contributed by atoms with E-state index in [4.69, 9.17) is 0 Å². The fourth-order valence-corrected chi connectivity index (χ4v) is 3.49. The van der Waals surface area contributed by atoms with E-state index in [9.17, 15) is 0 Å². The predicted octanol–water partition coefficient (Wildman–Crippen LogP) is 4.77. The Hall–Kier alpha value is -3.07. The lowest BCUT2D eigenvalue weighted by Crippen LogP contribution is -2.11. The van der Waals surface area contributed by atoms with Crippen molar-refractivity contribution in [2.75, 3.05) is 52.1 Å². The first kappa shape index (κ1) is 20.7. The Morgan fingerprint density at radius 1 is 0.724 bits per heavy atom. The van der Waals surface area contributed by atoms with Gasteiger partial charge in [0.1, 0.15) is 14.1 Å². The summed E-state index contributed by atoms with van der Waals surface area (Å²) in [4.78, 5) is 4.29. The molecule has 150 valence electrons. The van der Waals surface area contributed by atoms with Crippen LogP contribution in [0.15, 0.2) is 72.3 Å². The number of aryl methyl sites for hydroxylation is 1. The van der Waals surface area contributed by atoms with Crippen molar-refractivity contribution in [2.24, 2.45) is 0 Å². The van der Waals surface area contributed by atoms with Crippen molar-refractivity contribution < 1.29 is 4.58 Å². The molecule has 1 aliphatic rings. The second-order valence-corrected chi connectivity index (χ2v) is 8.15. The summed E-state index contributed by atoms with van der Waals surface area (Å²) in [7, 11) is 12.5. The minimum atomic E-state index is 1.20. The van der Waals surface area contributed by atoms with E-state index in [0.717, 1.165) is 0 Å². The molecule has 0 fully saturated rings. The average Bonchev–Trinajstić information content (AvgIpc) is 2.70. The van der Waals surface area contributed by atoms with Gasteiger partial charge < -0.3 is 9.80 Å². The molecule has 2 aromatic carbocycles. The normalized spacial score (nSPS) is 12.9. The van der Waals surface area contributed by atoms with Gasteiger partial charge in [-0.2, -0.15) is 0 Å². The second kappa shape index (κ2) is 8.52. The van der Waals surface area contributed by atoms with Crippen molar-refractivity contribution in [1.82, 2.24) is 0 Å². The monoisotopic (exact) mass is 386 g/mol. The number of rotatable bonds is 4. The third kappa shape index (κ3) is 4.51. The first-order valence-corrected chi connectivity index (χ1v) is 9.98. The molecule has 0 aromatic heterocycles. The van der Waals surface area contributed by atoms with E-state index in [0.29, 0.717) is 0 Å². The number of nitrogens with zero attached hydrogens (tertiary/aromatic N) is 3. The van der Waals surface area contributed by atoms with Gasteiger partial charge >= 0.3 is 0 Å². The van der Waals surface area contributed by atoms with Gasteiger partial charge in [-0.15, -0.1) is 0 Å². The minimum absolute atomic E-state index is 1.20. The zero-order valence-electron chi connectivity index (χ0n) is 18.7. The molecule has 0 spiro atoms. The zero-order chi connectivity index (χ0) is 21.1. The molecule has 0 saturated carbocycles. The summed E-state index contributed by atoms with van der Waals surface area (Å²) in [5, 5.41) is 0. The molecule has 3 rings (SSSR count). The molecule has 0 heterocycles. The topological polar surface area (TPSA) is 9.49 Å². The Labute approximate surface area is 175 Å². The van der Waals surface area contributed by atoms with Crippen LogP contribution in [0, 0.1) is 6.92 Å². The third-order valence-electron chi connectivity index (χ3n) is 5.35. The molecule has 29 heavy (non-hydrogen) atoms. The molecule has 2 aromatic rings. The lowest BCUT2D eigenvalue weighted by atomic mass is 9.88. The molecule has 1 aliphatic carbocycles. The van der Waals surface area contributed by atoms with Crippen molar-refractivity contribution in [3.8, 4) is 0 Å². The number of allylic oxidation sites excluding steroid dienone is 5. The summed E-state index contributed by atoms with van der Waals surface area (Å²) >= 11 is 0. The number of benzene rings is 2.